The van der Waals surface area contributed by atoms with Crippen LogP contribution < -0.4 is 15.6 Å². The number of aromatic nitrogens is 4. The topological polar surface area (TPSA) is 91.0 Å². The predicted octanol–water partition coefficient (Wildman–Crippen LogP) is 4.61. The molecule has 186 valence electrons. The standard InChI is InChI=1S/C25H22F3N5O3/c1-14-3-8-18(11-15(14)2)33-23-20(12-29-33)22(16-4-5-16)31-32(24(23)35)13-21(34)30-17-6-9-19(10-7-17)36-25(26,27)28/h3,6-12,16H,4-5,13H2,1-2H3,(H,30,34). The van der Waals surface area contributed by atoms with E-state index in [0.717, 1.165) is 52.2 Å². The number of nitrogens with zero attached hydrogens (tertiary/aromatic N) is 4. The van der Waals surface area contributed by atoms with Gasteiger partial charge in [0.05, 0.1) is 17.6 Å². The molecule has 0 atom stereocenters. The van der Waals surface area contributed by atoms with Gasteiger partial charge in [-0.1, -0.05) is 6.07 Å². The summed E-state index contributed by atoms with van der Waals surface area (Å²) in [5.41, 5.74) is 3.76. The summed E-state index contributed by atoms with van der Waals surface area (Å²) >= 11 is 0. The number of anilines is 1. The van der Waals surface area contributed by atoms with Gasteiger partial charge in [0.15, 0.2) is 0 Å². The molecular weight excluding hydrogens is 475 g/mol. The Balaban J connectivity index is 1.45. The number of rotatable bonds is 6. The zero-order chi connectivity index (χ0) is 25.6. The molecule has 36 heavy (non-hydrogen) atoms. The second-order valence-electron chi connectivity index (χ2n) is 8.83. The molecule has 2 aromatic heterocycles. The van der Waals surface area contributed by atoms with Gasteiger partial charge in [-0.25, -0.2) is 9.36 Å². The van der Waals surface area contributed by atoms with Crippen molar-refractivity contribution in [3.63, 3.8) is 0 Å². The lowest BCUT2D eigenvalue weighted by Gasteiger charge is -2.12. The second kappa shape index (κ2) is 8.81. The molecule has 1 aliphatic carbocycles. The van der Waals surface area contributed by atoms with Crippen molar-refractivity contribution in [3.8, 4) is 11.4 Å². The Labute approximate surface area is 203 Å². The molecule has 2 heterocycles. The highest BCUT2D eigenvalue weighted by molar-refractivity contribution is 5.91. The highest BCUT2D eigenvalue weighted by atomic mass is 19.4. The van der Waals surface area contributed by atoms with Crippen molar-refractivity contribution < 1.29 is 22.7 Å². The monoisotopic (exact) mass is 497 g/mol. The van der Waals surface area contributed by atoms with Crippen LogP contribution in [-0.4, -0.2) is 31.8 Å². The number of carbonyl (C=O) groups is 1. The molecule has 1 N–H and O–H groups in total. The molecule has 1 fully saturated rings. The number of nitrogens with one attached hydrogen (secondary N) is 1. The third-order valence-corrected chi connectivity index (χ3v) is 6.07. The number of fused-ring (bicyclic) bond motifs is 1. The van der Waals surface area contributed by atoms with E-state index in [9.17, 15) is 22.8 Å². The maximum absolute atomic E-state index is 13.4. The molecule has 0 saturated heterocycles. The van der Waals surface area contributed by atoms with E-state index in [4.69, 9.17) is 0 Å². The number of ether oxygens (including phenoxy) is 1. The molecule has 1 saturated carbocycles. The predicted molar refractivity (Wildman–Crippen MR) is 126 cm³/mol. The van der Waals surface area contributed by atoms with Crippen LogP contribution in [0.15, 0.2) is 53.5 Å². The first-order valence-electron chi connectivity index (χ1n) is 11.3. The maximum atomic E-state index is 13.4. The molecule has 0 bridgehead atoms. The lowest BCUT2D eigenvalue weighted by Crippen LogP contribution is -2.31. The largest absolute Gasteiger partial charge is 0.573 e. The van der Waals surface area contributed by atoms with Crippen LogP contribution in [0.4, 0.5) is 18.9 Å². The fourth-order valence-corrected chi connectivity index (χ4v) is 3.99. The van der Waals surface area contributed by atoms with Crippen LogP contribution in [0.5, 0.6) is 5.75 Å². The molecule has 0 unspecified atom stereocenters. The highest BCUT2D eigenvalue weighted by Crippen LogP contribution is 2.41. The Morgan fingerprint density at radius 3 is 2.47 bits per heavy atom. The van der Waals surface area contributed by atoms with Gasteiger partial charge in [0, 0.05) is 17.0 Å². The van der Waals surface area contributed by atoms with E-state index >= 15 is 0 Å². The van der Waals surface area contributed by atoms with E-state index < -0.39 is 23.6 Å². The molecule has 1 amide bonds. The zero-order valence-corrected chi connectivity index (χ0v) is 19.5. The summed E-state index contributed by atoms with van der Waals surface area (Å²) in [6, 6.07) is 10.5. The van der Waals surface area contributed by atoms with E-state index in [1.807, 2.05) is 32.0 Å². The Kier molecular flexibility index (Phi) is 5.77. The van der Waals surface area contributed by atoms with Gasteiger partial charge in [0.25, 0.3) is 5.56 Å². The molecule has 0 aliphatic heterocycles. The van der Waals surface area contributed by atoms with Crippen molar-refractivity contribution in [2.24, 2.45) is 0 Å². The van der Waals surface area contributed by atoms with Crippen LogP contribution in [0, 0.1) is 13.8 Å². The molecule has 8 nitrogen and oxygen atoms in total. The van der Waals surface area contributed by atoms with Crippen LogP contribution in [0.1, 0.15) is 35.6 Å². The summed E-state index contributed by atoms with van der Waals surface area (Å²) in [7, 11) is 0. The normalized spacial score (nSPS) is 13.7. The SMILES string of the molecule is Cc1ccc(-n2ncc3c(C4CC4)nn(CC(=O)Nc4ccc(OC(F)(F)F)cc4)c(=O)c32)cc1C. The van der Waals surface area contributed by atoms with Crippen molar-refractivity contribution in [1.29, 1.82) is 0 Å². The van der Waals surface area contributed by atoms with Gasteiger partial charge < -0.3 is 10.1 Å². The molecule has 0 radical (unpaired) electrons. The number of halogens is 3. The molecular formula is C25H22F3N5O3. The number of carbonyl (C=O) groups excluding carboxylic acids is 1. The van der Waals surface area contributed by atoms with E-state index in [2.05, 4.69) is 20.3 Å². The van der Waals surface area contributed by atoms with Crippen molar-refractivity contribution in [2.75, 3.05) is 5.32 Å². The van der Waals surface area contributed by atoms with Crippen molar-refractivity contribution >= 4 is 22.5 Å². The first-order valence-corrected chi connectivity index (χ1v) is 11.3. The summed E-state index contributed by atoms with van der Waals surface area (Å²) in [4.78, 5) is 26.1. The fourth-order valence-electron chi connectivity index (χ4n) is 3.99. The maximum Gasteiger partial charge on any atom is 0.573 e. The number of aryl methyl sites for hydroxylation is 2. The number of benzene rings is 2. The molecule has 5 rings (SSSR count). The van der Waals surface area contributed by atoms with E-state index in [1.165, 1.54) is 12.1 Å². The Morgan fingerprint density at radius 2 is 1.83 bits per heavy atom. The van der Waals surface area contributed by atoms with Crippen molar-refractivity contribution in [1.82, 2.24) is 19.6 Å². The van der Waals surface area contributed by atoms with Gasteiger partial charge in [-0.2, -0.15) is 10.2 Å². The van der Waals surface area contributed by atoms with Crippen molar-refractivity contribution in [2.45, 2.75) is 45.5 Å². The van der Waals surface area contributed by atoms with Gasteiger partial charge in [0.2, 0.25) is 5.91 Å². The lowest BCUT2D eigenvalue weighted by molar-refractivity contribution is -0.274. The summed E-state index contributed by atoms with van der Waals surface area (Å²) in [6.45, 7) is 3.61. The van der Waals surface area contributed by atoms with Crippen LogP contribution >= 0.6 is 0 Å². The Morgan fingerprint density at radius 1 is 1.11 bits per heavy atom. The first-order chi connectivity index (χ1) is 17.1. The Hall–Kier alpha value is -4.15. The van der Waals surface area contributed by atoms with Crippen LogP contribution in [-0.2, 0) is 11.3 Å². The third-order valence-electron chi connectivity index (χ3n) is 6.07. The summed E-state index contributed by atoms with van der Waals surface area (Å²) < 4.78 is 43.6. The van der Waals surface area contributed by atoms with Gasteiger partial charge in [-0.3, -0.25) is 9.59 Å². The minimum atomic E-state index is -4.81. The Bertz CT molecular complexity index is 1520. The average Bonchev–Trinajstić information content (AvgIpc) is 3.55. The quantitative estimate of drug-likeness (QED) is 0.420. The molecule has 4 aromatic rings. The van der Waals surface area contributed by atoms with Crippen LogP contribution in [0.2, 0.25) is 0 Å². The van der Waals surface area contributed by atoms with E-state index in [0.29, 0.717) is 10.9 Å². The van der Waals surface area contributed by atoms with E-state index in [1.54, 1.807) is 10.9 Å². The smallest absolute Gasteiger partial charge is 0.406 e. The highest BCUT2D eigenvalue weighted by Gasteiger charge is 2.31. The second-order valence-corrected chi connectivity index (χ2v) is 8.83. The molecule has 11 heteroatoms. The van der Waals surface area contributed by atoms with Crippen molar-refractivity contribution in [3.05, 3.63) is 75.8 Å². The van der Waals surface area contributed by atoms with E-state index in [-0.39, 0.29) is 18.2 Å². The molecule has 1 aliphatic rings. The third kappa shape index (κ3) is 4.81. The summed E-state index contributed by atoms with van der Waals surface area (Å²) in [5.74, 6) is -0.758. The van der Waals surface area contributed by atoms with Crippen LogP contribution in [0.3, 0.4) is 0 Å². The fraction of sp³-hybridized carbons (Fsp3) is 0.280. The van der Waals surface area contributed by atoms with Gasteiger partial charge in [-0.15, -0.1) is 13.2 Å². The zero-order valence-electron chi connectivity index (χ0n) is 19.5. The average molecular weight is 497 g/mol. The van der Waals surface area contributed by atoms with Gasteiger partial charge in [0.1, 0.15) is 17.8 Å². The first kappa shape index (κ1) is 23.6. The van der Waals surface area contributed by atoms with Gasteiger partial charge >= 0.3 is 6.36 Å². The number of hydrogen-bond acceptors (Lipinski definition) is 5. The van der Waals surface area contributed by atoms with Gasteiger partial charge in [-0.05, 0) is 74.2 Å². The number of alkyl halides is 3. The summed E-state index contributed by atoms with van der Waals surface area (Å²) in [5, 5.41) is 12.2. The van der Waals surface area contributed by atoms with Crippen LogP contribution in [0.25, 0.3) is 16.6 Å². The molecule has 2 aromatic carbocycles. The summed E-state index contributed by atoms with van der Waals surface area (Å²) in [6.07, 6.45) is -1.29. The molecule has 0 spiro atoms. The minimum absolute atomic E-state index is 0.195. The minimum Gasteiger partial charge on any atom is -0.406 e. The number of amides is 1. The lowest BCUT2D eigenvalue weighted by atomic mass is 10.1. The number of hydrogen-bond donors (Lipinski definition) is 1.